The molecule has 1 fully saturated rings. The van der Waals surface area contributed by atoms with Gasteiger partial charge in [0, 0.05) is 13.2 Å². The topological polar surface area (TPSA) is 47.3 Å². The van der Waals surface area contributed by atoms with Crippen LogP contribution in [0.5, 0.6) is 0 Å². The van der Waals surface area contributed by atoms with Crippen LogP contribution < -0.4 is 11.1 Å². The van der Waals surface area contributed by atoms with Crippen LogP contribution in [-0.2, 0) is 4.74 Å². The second-order valence-corrected chi connectivity index (χ2v) is 4.12. The maximum atomic E-state index is 5.47. The number of nitrogens with two attached hydrogens (primary N) is 1. The standard InChI is InChI=1S/C11H24N2O/c1-14-11-7-3-2-6-10(11)13-9-5-4-8-12/h10-11,13H,2-9,12H2,1H3. The summed E-state index contributed by atoms with van der Waals surface area (Å²) in [7, 11) is 1.82. The smallest absolute Gasteiger partial charge is 0.0724 e. The van der Waals surface area contributed by atoms with Gasteiger partial charge in [0.05, 0.1) is 6.10 Å². The van der Waals surface area contributed by atoms with Crippen LogP contribution in [-0.4, -0.2) is 32.3 Å². The largest absolute Gasteiger partial charge is 0.380 e. The number of unbranched alkanes of at least 4 members (excludes halogenated alkanes) is 1. The van der Waals surface area contributed by atoms with Gasteiger partial charge in [-0.3, -0.25) is 0 Å². The fraction of sp³-hybridized carbons (Fsp3) is 1.00. The second-order valence-electron chi connectivity index (χ2n) is 4.12. The van der Waals surface area contributed by atoms with E-state index in [0.29, 0.717) is 12.1 Å². The summed E-state index contributed by atoms with van der Waals surface area (Å²) in [5.74, 6) is 0. The maximum absolute atomic E-state index is 5.47. The van der Waals surface area contributed by atoms with E-state index >= 15 is 0 Å². The van der Waals surface area contributed by atoms with Gasteiger partial charge in [0.15, 0.2) is 0 Å². The van der Waals surface area contributed by atoms with Gasteiger partial charge in [0.25, 0.3) is 0 Å². The van der Waals surface area contributed by atoms with Crippen LogP contribution in [0.4, 0.5) is 0 Å². The zero-order valence-corrected chi connectivity index (χ0v) is 9.30. The molecule has 0 aromatic carbocycles. The molecular weight excluding hydrogens is 176 g/mol. The Bertz CT molecular complexity index is 141. The summed E-state index contributed by atoms with van der Waals surface area (Å²) in [6.45, 7) is 1.89. The van der Waals surface area contributed by atoms with Gasteiger partial charge in [0.2, 0.25) is 0 Å². The SMILES string of the molecule is COC1CCCCC1NCCCCN. The van der Waals surface area contributed by atoms with Crippen molar-refractivity contribution in [1.82, 2.24) is 5.32 Å². The Morgan fingerprint density at radius 3 is 2.79 bits per heavy atom. The first-order chi connectivity index (χ1) is 6.88. The number of rotatable bonds is 6. The Morgan fingerprint density at radius 2 is 2.07 bits per heavy atom. The van der Waals surface area contributed by atoms with Crippen molar-refractivity contribution in [1.29, 1.82) is 0 Å². The van der Waals surface area contributed by atoms with Gasteiger partial charge in [-0.1, -0.05) is 12.8 Å². The molecule has 2 atom stereocenters. The van der Waals surface area contributed by atoms with Crippen molar-refractivity contribution in [3.8, 4) is 0 Å². The van der Waals surface area contributed by atoms with E-state index in [-0.39, 0.29) is 0 Å². The average Bonchev–Trinajstić information content (AvgIpc) is 2.25. The van der Waals surface area contributed by atoms with Crippen molar-refractivity contribution >= 4 is 0 Å². The van der Waals surface area contributed by atoms with Gasteiger partial charge in [-0.25, -0.2) is 0 Å². The molecule has 84 valence electrons. The van der Waals surface area contributed by atoms with E-state index in [9.17, 15) is 0 Å². The van der Waals surface area contributed by atoms with E-state index in [1.807, 2.05) is 7.11 Å². The molecule has 1 aliphatic carbocycles. The summed E-state index contributed by atoms with van der Waals surface area (Å²) in [5, 5.41) is 3.58. The quantitative estimate of drug-likeness (QED) is 0.635. The minimum absolute atomic E-state index is 0.432. The Morgan fingerprint density at radius 1 is 1.29 bits per heavy atom. The number of methoxy groups -OCH3 is 1. The van der Waals surface area contributed by atoms with Crippen molar-refractivity contribution in [2.75, 3.05) is 20.2 Å². The average molecular weight is 200 g/mol. The van der Waals surface area contributed by atoms with Crippen LogP contribution in [0.15, 0.2) is 0 Å². The molecule has 0 heterocycles. The molecule has 0 amide bonds. The van der Waals surface area contributed by atoms with Crippen molar-refractivity contribution in [2.24, 2.45) is 5.73 Å². The van der Waals surface area contributed by atoms with E-state index in [1.54, 1.807) is 0 Å². The third kappa shape index (κ3) is 3.95. The molecule has 3 nitrogen and oxygen atoms in total. The van der Waals surface area contributed by atoms with Crippen LogP contribution >= 0.6 is 0 Å². The minimum atomic E-state index is 0.432. The highest BCUT2D eigenvalue weighted by molar-refractivity contribution is 4.81. The molecule has 3 heteroatoms. The van der Waals surface area contributed by atoms with Crippen molar-refractivity contribution in [3.05, 3.63) is 0 Å². The Kier molecular flexibility index (Phi) is 6.15. The van der Waals surface area contributed by atoms with E-state index in [4.69, 9.17) is 10.5 Å². The Hall–Kier alpha value is -0.120. The summed E-state index contributed by atoms with van der Waals surface area (Å²) in [6.07, 6.45) is 7.88. The highest BCUT2D eigenvalue weighted by Crippen LogP contribution is 2.20. The summed E-state index contributed by atoms with van der Waals surface area (Å²) >= 11 is 0. The molecule has 0 radical (unpaired) electrons. The lowest BCUT2D eigenvalue weighted by Crippen LogP contribution is -2.43. The predicted molar refractivity (Wildman–Crippen MR) is 59.3 cm³/mol. The molecule has 0 aromatic heterocycles. The van der Waals surface area contributed by atoms with Crippen molar-refractivity contribution in [2.45, 2.75) is 50.7 Å². The third-order valence-electron chi connectivity index (χ3n) is 3.04. The molecule has 3 N–H and O–H groups in total. The lowest BCUT2D eigenvalue weighted by atomic mass is 9.92. The molecule has 0 aromatic rings. The molecule has 0 aliphatic heterocycles. The number of nitrogens with one attached hydrogen (secondary N) is 1. The first kappa shape index (κ1) is 12.0. The molecule has 1 saturated carbocycles. The minimum Gasteiger partial charge on any atom is -0.380 e. The predicted octanol–water partition coefficient (Wildman–Crippen LogP) is 1.27. The Labute approximate surface area is 87.4 Å². The number of hydrogen-bond acceptors (Lipinski definition) is 3. The molecule has 0 saturated heterocycles. The molecule has 0 bridgehead atoms. The fourth-order valence-electron chi connectivity index (χ4n) is 2.17. The molecule has 1 aliphatic rings. The lowest BCUT2D eigenvalue weighted by Gasteiger charge is -2.31. The number of hydrogen-bond donors (Lipinski definition) is 2. The van der Waals surface area contributed by atoms with Crippen LogP contribution in [0.1, 0.15) is 38.5 Å². The van der Waals surface area contributed by atoms with Crippen molar-refractivity contribution in [3.63, 3.8) is 0 Å². The monoisotopic (exact) mass is 200 g/mol. The third-order valence-corrected chi connectivity index (χ3v) is 3.04. The maximum Gasteiger partial charge on any atom is 0.0724 e. The second kappa shape index (κ2) is 7.21. The van der Waals surface area contributed by atoms with E-state index < -0.39 is 0 Å². The van der Waals surface area contributed by atoms with Crippen LogP contribution in [0.2, 0.25) is 0 Å². The van der Waals surface area contributed by atoms with Crippen molar-refractivity contribution < 1.29 is 4.74 Å². The van der Waals surface area contributed by atoms with Crippen LogP contribution in [0, 0.1) is 0 Å². The van der Waals surface area contributed by atoms with Gasteiger partial charge < -0.3 is 15.8 Å². The summed E-state index contributed by atoms with van der Waals surface area (Å²) in [6, 6.07) is 0.575. The Balaban J connectivity index is 2.13. The van der Waals surface area contributed by atoms with Gasteiger partial charge in [-0.15, -0.1) is 0 Å². The van der Waals surface area contributed by atoms with Gasteiger partial charge >= 0.3 is 0 Å². The van der Waals surface area contributed by atoms with Gasteiger partial charge in [0.1, 0.15) is 0 Å². The van der Waals surface area contributed by atoms with Crippen LogP contribution in [0.25, 0.3) is 0 Å². The summed E-state index contributed by atoms with van der Waals surface area (Å²) in [4.78, 5) is 0. The fourth-order valence-corrected chi connectivity index (χ4v) is 2.17. The van der Waals surface area contributed by atoms with Gasteiger partial charge in [-0.2, -0.15) is 0 Å². The highest BCUT2D eigenvalue weighted by atomic mass is 16.5. The van der Waals surface area contributed by atoms with E-state index in [2.05, 4.69) is 5.32 Å². The molecule has 14 heavy (non-hydrogen) atoms. The first-order valence-electron chi connectivity index (χ1n) is 5.84. The zero-order chi connectivity index (χ0) is 10.2. The lowest BCUT2D eigenvalue weighted by molar-refractivity contribution is 0.0419. The van der Waals surface area contributed by atoms with E-state index in [0.717, 1.165) is 19.5 Å². The molecule has 2 unspecified atom stereocenters. The summed E-state index contributed by atoms with van der Waals surface area (Å²) < 4.78 is 5.47. The molecule has 0 spiro atoms. The van der Waals surface area contributed by atoms with E-state index in [1.165, 1.54) is 32.1 Å². The highest BCUT2D eigenvalue weighted by Gasteiger charge is 2.23. The number of ether oxygens (including phenoxy) is 1. The van der Waals surface area contributed by atoms with Crippen LogP contribution in [0.3, 0.4) is 0 Å². The zero-order valence-electron chi connectivity index (χ0n) is 9.30. The first-order valence-corrected chi connectivity index (χ1v) is 5.84. The molecule has 1 rings (SSSR count). The normalized spacial score (nSPS) is 27.9. The van der Waals surface area contributed by atoms with Gasteiger partial charge in [-0.05, 0) is 38.8 Å². The summed E-state index contributed by atoms with van der Waals surface area (Å²) in [5.41, 5.74) is 5.45. The molecular formula is C11H24N2O.